The van der Waals surface area contributed by atoms with Crippen LogP contribution in [0.25, 0.3) is 0 Å². The maximum Gasteiger partial charge on any atom is 0.170 e. The highest BCUT2D eigenvalue weighted by atomic mass is 32.2. The minimum Gasteiger partial charge on any atom is -0.318 e. The predicted octanol–water partition coefficient (Wildman–Crippen LogP) is -2.63. The Kier molecular flexibility index (Phi) is 7.08. The maximum absolute atomic E-state index is 10.8. The zero-order valence-corrected chi connectivity index (χ0v) is 12.2. The molecule has 0 spiro atoms. The van der Waals surface area contributed by atoms with Crippen LogP contribution in [0.15, 0.2) is 0 Å². The van der Waals surface area contributed by atoms with Crippen LogP contribution in [0.2, 0.25) is 0 Å². The highest BCUT2D eigenvalue weighted by molar-refractivity contribution is 7.91. The molecule has 9 heteroatoms. The van der Waals surface area contributed by atoms with E-state index in [9.17, 15) is 16.8 Å². The summed E-state index contributed by atoms with van der Waals surface area (Å²) < 4.78 is 42.1. The number of likely N-dealkylation sites (N-methyl/N-ethyl adjacent to an activating group) is 1. The minimum atomic E-state index is -2.91. The summed E-state index contributed by atoms with van der Waals surface area (Å²) in [6.07, 6.45) is 0. The molecule has 18 heavy (non-hydrogen) atoms. The number of hydrogen-bond acceptors (Lipinski definition) is 7. The Morgan fingerprint density at radius 1 is 1.00 bits per heavy atom. The molecule has 1 fully saturated rings. The summed E-state index contributed by atoms with van der Waals surface area (Å²) in [5.74, 6) is 0. The Hall–Kier alpha value is -0.220. The lowest BCUT2D eigenvalue weighted by molar-refractivity contribution is 0.137. The molecular formula is C9H21N3O4S2. The van der Waals surface area contributed by atoms with E-state index in [1.807, 2.05) is 11.9 Å². The van der Waals surface area contributed by atoms with Crippen molar-refractivity contribution in [2.45, 2.75) is 4.58 Å². The summed E-state index contributed by atoms with van der Waals surface area (Å²) in [6, 6.07) is 0. The van der Waals surface area contributed by atoms with Gasteiger partial charge in [0.15, 0.2) is 26.0 Å². The SMILES string of the molecule is CNCCN1CCN(CC([SH](=O)=O)[SH](=O)=O)CC1. The largest absolute Gasteiger partial charge is 0.318 e. The third kappa shape index (κ3) is 5.19. The van der Waals surface area contributed by atoms with Crippen LogP contribution >= 0.6 is 0 Å². The smallest absolute Gasteiger partial charge is 0.170 e. The Morgan fingerprint density at radius 3 is 1.94 bits per heavy atom. The summed E-state index contributed by atoms with van der Waals surface area (Å²) >= 11 is 0. The molecular weight excluding hydrogens is 278 g/mol. The molecule has 1 saturated heterocycles. The van der Waals surface area contributed by atoms with Gasteiger partial charge < -0.3 is 5.32 Å². The minimum absolute atomic E-state index is 0.0945. The van der Waals surface area contributed by atoms with Crippen molar-refractivity contribution in [3.8, 4) is 0 Å². The maximum atomic E-state index is 10.8. The van der Waals surface area contributed by atoms with Gasteiger partial charge in [0.25, 0.3) is 0 Å². The first-order chi connectivity index (χ1) is 8.54. The van der Waals surface area contributed by atoms with E-state index in [1.54, 1.807) is 0 Å². The first kappa shape index (κ1) is 15.8. The molecule has 0 atom stereocenters. The molecule has 1 aliphatic rings. The number of nitrogens with zero attached hydrogens (tertiary/aromatic N) is 2. The van der Waals surface area contributed by atoms with Crippen LogP contribution < -0.4 is 5.32 Å². The van der Waals surface area contributed by atoms with E-state index in [-0.39, 0.29) is 6.54 Å². The van der Waals surface area contributed by atoms with Gasteiger partial charge in [0.1, 0.15) is 0 Å². The Morgan fingerprint density at radius 2 is 1.50 bits per heavy atom. The van der Waals surface area contributed by atoms with Crippen LogP contribution in [0.3, 0.4) is 0 Å². The fourth-order valence-corrected chi connectivity index (χ4v) is 3.25. The average Bonchev–Trinajstić information content (AvgIpc) is 2.34. The Labute approximate surface area is 111 Å². The summed E-state index contributed by atoms with van der Waals surface area (Å²) in [5, 5.41) is 3.07. The second-order valence-electron chi connectivity index (χ2n) is 4.30. The first-order valence-corrected chi connectivity index (χ1v) is 8.40. The lowest BCUT2D eigenvalue weighted by atomic mass is 10.3. The van der Waals surface area contributed by atoms with Crippen molar-refractivity contribution in [1.29, 1.82) is 0 Å². The van der Waals surface area contributed by atoms with E-state index in [2.05, 4.69) is 10.2 Å². The van der Waals surface area contributed by atoms with Crippen LogP contribution in [0, 0.1) is 0 Å². The third-order valence-electron chi connectivity index (χ3n) is 3.05. The second-order valence-corrected chi connectivity index (χ2v) is 7.09. The zero-order valence-electron chi connectivity index (χ0n) is 10.4. The van der Waals surface area contributed by atoms with Crippen molar-refractivity contribution in [3.05, 3.63) is 0 Å². The van der Waals surface area contributed by atoms with Gasteiger partial charge in [-0.15, -0.1) is 0 Å². The molecule has 1 N–H and O–H groups in total. The van der Waals surface area contributed by atoms with Crippen molar-refractivity contribution in [1.82, 2.24) is 15.1 Å². The molecule has 1 aliphatic heterocycles. The van der Waals surface area contributed by atoms with Crippen molar-refractivity contribution >= 4 is 21.4 Å². The molecule has 0 amide bonds. The predicted molar refractivity (Wildman–Crippen MR) is 71.2 cm³/mol. The second kappa shape index (κ2) is 8.05. The number of thiol groups is 2. The van der Waals surface area contributed by atoms with Crippen LogP contribution in [-0.4, -0.2) is 84.1 Å². The fraction of sp³-hybridized carbons (Fsp3) is 1.00. The van der Waals surface area contributed by atoms with E-state index in [1.165, 1.54) is 0 Å². The molecule has 0 aromatic heterocycles. The molecule has 1 heterocycles. The van der Waals surface area contributed by atoms with Gasteiger partial charge in [-0.1, -0.05) is 0 Å². The molecule has 0 unspecified atom stereocenters. The highest BCUT2D eigenvalue weighted by Gasteiger charge is 2.23. The molecule has 0 bridgehead atoms. The van der Waals surface area contributed by atoms with E-state index < -0.39 is 26.0 Å². The van der Waals surface area contributed by atoms with Gasteiger partial charge in [-0.05, 0) is 7.05 Å². The number of nitrogens with one attached hydrogen (secondary N) is 1. The lowest BCUT2D eigenvalue weighted by Gasteiger charge is -2.34. The molecule has 0 radical (unpaired) electrons. The van der Waals surface area contributed by atoms with Gasteiger partial charge in [-0.2, -0.15) is 0 Å². The van der Waals surface area contributed by atoms with Gasteiger partial charge in [0, 0.05) is 45.8 Å². The molecule has 0 aromatic carbocycles. The van der Waals surface area contributed by atoms with E-state index in [0.717, 1.165) is 26.2 Å². The van der Waals surface area contributed by atoms with Crippen LogP contribution in [0.4, 0.5) is 0 Å². The third-order valence-corrected chi connectivity index (χ3v) is 5.48. The van der Waals surface area contributed by atoms with Gasteiger partial charge >= 0.3 is 0 Å². The van der Waals surface area contributed by atoms with Crippen LogP contribution in [-0.2, 0) is 21.4 Å². The van der Waals surface area contributed by atoms with Gasteiger partial charge in [0.2, 0.25) is 0 Å². The van der Waals surface area contributed by atoms with Crippen molar-refractivity contribution in [3.63, 3.8) is 0 Å². The molecule has 0 aliphatic carbocycles. The Balaban J connectivity index is 2.38. The fourth-order valence-electron chi connectivity index (χ4n) is 1.91. The monoisotopic (exact) mass is 299 g/mol. The standard InChI is InChI=1S/C9H21N3O4S2/c1-10-2-3-11-4-6-12(7-5-11)8-9(17(13)14)18(15)16/h9-10,17-18H,2-8H2,1H3. The van der Waals surface area contributed by atoms with Gasteiger partial charge in [-0.3, -0.25) is 9.80 Å². The highest BCUT2D eigenvalue weighted by Crippen LogP contribution is 2.04. The molecule has 108 valence electrons. The topological polar surface area (TPSA) is 86.8 Å². The number of piperazine rings is 1. The number of hydrogen-bond donors (Lipinski definition) is 3. The summed E-state index contributed by atoms with van der Waals surface area (Å²) in [7, 11) is -3.92. The van der Waals surface area contributed by atoms with Crippen molar-refractivity contribution in [2.75, 3.05) is 52.9 Å². The van der Waals surface area contributed by atoms with Crippen molar-refractivity contribution < 1.29 is 16.8 Å². The zero-order chi connectivity index (χ0) is 13.5. The lowest BCUT2D eigenvalue weighted by Crippen LogP contribution is -2.50. The van der Waals surface area contributed by atoms with E-state index in [0.29, 0.717) is 13.1 Å². The molecule has 0 aromatic rings. The van der Waals surface area contributed by atoms with Gasteiger partial charge in [-0.25, -0.2) is 16.8 Å². The van der Waals surface area contributed by atoms with E-state index in [4.69, 9.17) is 0 Å². The quantitative estimate of drug-likeness (QED) is 0.443. The molecule has 7 nitrogen and oxygen atoms in total. The number of rotatable bonds is 7. The van der Waals surface area contributed by atoms with Gasteiger partial charge in [0.05, 0.1) is 0 Å². The average molecular weight is 299 g/mol. The van der Waals surface area contributed by atoms with Crippen LogP contribution in [0.5, 0.6) is 0 Å². The summed E-state index contributed by atoms with van der Waals surface area (Å²) in [4.78, 5) is 4.17. The molecule has 1 rings (SSSR count). The summed E-state index contributed by atoms with van der Waals surface area (Å²) in [6.45, 7) is 5.09. The molecule has 0 saturated carbocycles. The normalized spacial score (nSPS) is 19.1. The van der Waals surface area contributed by atoms with E-state index >= 15 is 0 Å². The first-order valence-electron chi connectivity index (χ1n) is 5.91. The van der Waals surface area contributed by atoms with Crippen molar-refractivity contribution in [2.24, 2.45) is 0 Å². The van der Waals surface area contributed by atoms with Crippen LogP contribution in [0.1, 0.15) is 0 Å². The Bertz CT molecular complexity index is 351. The summed E-state index contributed by atoms with van der Waals surface area (Å²) in [5.41, 5.74) is 0.